The summed E-state index contributed by atoms with van der Waals surface area (Å²) in [6.07, 6.45) is 1.61. The molecule has 0 saturated heterocycles. The number of nitrogens with one attached hydrogen (secondary N) is 1. The zero-order valence-electron chi connectivity index (χ0n) is 18.9. The molecule has 3 aromatic rings. The first-order valence-electron chi connectivity index (χ1n) is 11.2. The van der Waals surface area contributed by atoms with Gasteiger partial charge >= 0.3 is 6.03 Å². The van der Waals surface area contributed by atoms with Crippen molar-refractivity contribution in [2.24, 2.45) is 7.05 Å². The van der Waals surface area contributed by atoms with Gasteiger partial charge in [0, 0.05) is 43.5 Å². The number of para-hydroxylation sites is 1. The number of hydrogen-bond acceptors (Lipinski definition) is 3. The first kappa shape index (κ1) is 22.9. The number of hydrogen-bond donors (Lipinski definition) is 1. The van der Waals surface area contributed by atoms with Crippen molar-refractivity contribution < 1.29 is 9.59 Å². The molecule has 1 aliphatic rings. The summed E-state index contributed by atoms with van der Waals surface area (Å²) in [6, 6.07) is 16.5. The molecule has 0 saturated carbocycles. The lowest BCUT2D eigenvalue weighted by molar-refractivity contribution is 0.0984. The van der Waals surface area contributed by atoms with Gasteiger partial charge in [0.2, 0.25) is 0 Å². The monoisotopic (exact) mass is 465 g/mol. The third-order valence-corrected chi connectivity index (χ3v) is 6.19. The second-order valence-corrected chi connectivity index (χ2v) is 8.51. The van der Waals surface area contributed by atoms with Crippen LogP contribution in [0.15, 0.2) is 54.6 Å². The van der Waals surface area contributed by atoms with Gasteiger partial charge in [0.25, 0.3) is 5.91 Å². The number of fused-ring (bicyclic) bond motifs is 1. The SMILES string of the molecule is CCCNC(=O)N1CCc2c(c(CN(C(=O)c3ccccc3Cl)c3ccccc3)nn2C)C1. The normalized spacial score (nSPS) is 12.9. The van der Waals surface area contributed by atoms with E-state index in [2.05, 4.69) is 5.32 Å². The van der Waals surface area contributed by atoms with Crippen molar-refractivity contribution in [3.8, 4) is 0 Å². The minimum atomic E-state index is -0.195. The zero-order valence-corrected chi connectivity index (χ0v) is 19.7. The molecule has 3 amide bonds. The number of carbonyl (C=O) groups excluding carboxylic acids is 2. The van der Waals surface area contributed by atoms with E-state index in [1.165, 1.54) is 0 Å². The Labute approximate surface area is 198 Å². The molecule has 172 valence electrons. The van der Waals surface area contributed by atoms with Crippen molar-refractivity contribution in [3.05, 3.63) is 82.1 Å². The van der Waals surface area contributed by atoms with Crippen molar-refractivity contribution in [3.63, 3.8) is 0 Å². The third kappa shape index (κ3) is 4.88. The summed E-state index contributed by atoms with van der Waals surface area (Å²) in [5.41, 5.74) is 4.08. The number of benzene rings is 2. The molecule has 8 heteroatoms. The van der Waals surface area contributed by atoms with Crippen molar-refractivity contribution in [2.45, 2.75) is 32.9 Å². The number of amides is 3. The lowest BCUT2D eigenvalue weighted by atomic mass is 10.0. The maximum atomic E-state index is 13.6. The molecule has 0 bridgehead atoms. The molecule has 0 aliphatic carbocycles. The number of urea groups is 1. The molecule has 2 heterocycles. The van der Waals surface area contributed by atoms with Crippen LogP contribution in [0.25, 0.3) is 0 Å². The van der Waals surface area contributed by atoms with Crippen molar-refractivity contribution in [2.75, 3.05) is 18.0 Å². The van der Waals surface area contributed by atoms with Gasteiger partial charge in [0.15, 0.2) is 0 Å². The van der Waals surface area contributed by atoms with E-state index in [1.807, 2.05) is 53.9 Å². The molecular formula is C25H28ClN5O2. The summed E-state index contributed by atoms with van der Waals surface area (Å²) in [6.45, 7) is 4.07. The molecule has 1 aliphatic heterocycles. The first-order valence-corrected chi connectivity index (χ1v) is 11.5. The number of nitrogens with zero attached hydrogens (tertiary/aromatic N) is 4. The molecule has 7 nitrogen and oxygen atoms in total. The maximum Gasteiger partial charge on any atom is 0.317 e. The number of rotatable bonds is 6. The van der Waals surface area contributed by atoms with Crippen LogP contribution in [0.1, 0.15) is 40.7 Å². The summed E-state index contributed by atoms with van der Waals surface area (Å²) < 4.78 is 1.87. The molecule has 1 N–H and O–H groups in total. The van der Waals surface area contributed by atoms with Gasteiger partial charge < -0.3 is 15.1 Å². The van der Waals surface area contributed by atoms with Crippen molar-refractivity contribution >= 4 is 29.2 Å². The lowest BCUT2D eigenvalue weighted by Gasteiger charge is -2.29. The van der Waals surface area contributed by atoms with E-state index in [0.717, 1.165) is 35.5 Å². The summed E-state index contributed by atoms with van der Waals surface area (Å²) in [7, 11) is 1.91. The van der Waals surface area contributed by atoms with Gasteiger partial charge in [0.05, 0.1) is 29.4 Å². The zero-order chi connectivity index (χ0) is 23.4. The molecule has 0 radical (unpaired) electrons. The van der Waals surface area contributed by atoms with Gasteiger partial charge in [-0.3, -0.25) is 9.48 Å². The topological polar surface area (TPSA) is 70.5 Å². The van der Waals surface area contributed by atoms with Gasteiger partial charge in [-0.2, -0.15) is 5.10 Å². The van der Waals surface area contributed by atoms with E-state index in [1.54, 1.807) is 29.2 Å². The van der Waals surface area contributed by atoms with E-state index >= 15 is 0 Å². The van der Waals surface area contributed by atoms with Gasteiger partial charge in [-0.05, 0) is 30.7 Å². The Morgan fingerprint density at radius 1 is 1.12 bits per heavy atom. The average Bonchev–Trinajstić information content (AvgIpc) is 3.16. The van der Waals surface area contributed by atoms with E-state index in [4.69, 9.17) is 16.7 Å². The van der Waals surface area contributed by atoms with Crippen molar-refractivity contribution in [1.29, 1.82) is 0 Å². The molecule has 0 spiro atoms. The molecular weight excluding hydrogens is 438 g/mol. The summed E-state index contributed by atoms with van der Waals surface area (Å²) in [5, 5.41) is 8.10. The van der Waals surface area contributed by atoms with E-state index in [0.29, 0.717) is 30.2 Å². The molecule has 0 unspecified atom stereocenters. The predicted molar refractivity (Wildman–Crippen MR) is 129 cm³/mol. The van der Waals surface area contributed by atoms with Crippen LogP contribution in [0.3, 0.4) is 0 Å². The first-order chi connectivity index (χ1) is 16.0. The minimum Gasteiger partial charge on any atom is -0.338 e. The highest BCUT2D eigenvalue weighted by Crippen LogP contribution is 2.27. The van der Waals surface area contributed by atoms with Gasteiger partial charge in [-0.15, -0.1) is 0 Å². The van der Waals surface area contributed by atoms with E-state index < -0.39 is 0 Å². The molecule has 33 heavy (non-hydrogen) atoms. The molecule has 1 aromatic heterocycles. The quantitative estimate of drug-likeness (QED) is 0.586. The van der Waals surface area contributed by atoms with Crippen LogP contribution in [-0.4, -0.2) is 39.7 Å². The van der Waals surface area contributed by atoms with E-state index in [9.17, 15) is 9.59 Å². The van der Waals surface area contributed by atoms with E-state index in [-0.39, 0.29) is 18.5 Å². The highest BCUT2D eigenvalue weighted by Gasteiger charge is 2.29. The summed E-state index contributed by atoms with van der Waals surface area (Å²) in [5.74, 6) is -0.195. The van der Waals surface area contributed by atoms with Gasteiger partial charge in [0.1, 0.15) is 0 Å². The molecule has 0 fully saturated rings. The predicted octanol–water partition coefficient (Wildman–Crippen LogP) is 4.40. The smallest absolute Gasteiger partial charge is 0.317 e. The number of halogens is 1. The van der Waals surface area contributed by atoms with Crippen LogP contribution in [-0.2, 0) is 26.6 Å². The second kappa shape index (κ2) is 10.1. The Morgan fingerprint density at radius 2 is 1.85 bits per heavy atom. The fourth-order valence-corrected chi connectivity index (χ4v) is 4.35. The Hall–Kier alpha value is -3.32. The van der Waals surface area contributed by atoms with Gasteiger partial charge in [-0.25, -0.2) is 4.79 Å². The largest absolute Gasteiger partial charge is 0.338 e. The third-order valence-electron chi connectivity index (χ3n) is 5.86. The summed E-state index contributed by atoms with van der Waals surface area (Å²) >= 11 is 6.35. The van der Waals surface area contributed by atoms with Crippen LogP contribution in [0.5, 0.6) is 0 Å². The minimum absolute atomic E-state index is 0.0654. The highest BCUT2D eigenvalue weighted by molar-refractivity contribution is 6.34. The number of aryl methyl sites for hydroxylation is 1. The number of carbonyl (C=O) groups is 2. The second-order valence-electron chi connectivity index (χ2n) is 8.11. The lowest BCUT2D eigenvalue weighted by Crippen LogP contribution is -2.43. The Bertz CT molecular complexity index is 1140. The van der Waals surface area contributed by atoms with Crippen molar-refractivity contribution in [1.82, 2.24) is 20.0 Å². The maximum absolute atomic E-state index is 13.6. The van der Waals surface area contributed by atoms with Crippen LogP contribution in [0, 0.1) is 0 Å². The fraction of sp³-hybridized carbons (Fsp3) is 0.320. The summed E-state index contributed by atoms with van der Waals surface area (Å²) in [4.78, 5) is 29.6. The standard InChI is InChI=1S/C25H28ClN5O2/c1-3-14-27-25(33)30-15-13-23-20(16-30)22(28-29(23)2)17-31(18-9-5-4-6-10-18)24(32)19-11-7-8-12-21(19)26/h4-12H,3,13-17H2,1-2H3,(H,27,33). The number of aromatic nitrogens is 2. The fourth-order valence-electron chi connectivity index (χ4n) is 4.13. The van der Waals surface area contributed by atoms with Gasteiger partial charge in [-0.1, -0.05) is 48.9 Å². The molecule has 2 aromatic carbocycles. The van der Waals surface area contributed by atoms with Crippen LogP contribution >= 0.6 is 11.6 Å². The molecule has 0 atom stereocenters. The Balaban J connectivity index is 1.66. The van der Waals surface area contributed by atoms with Crippen LogP contribution in [0.4, 0.5) is 10.5 Å². The number of anilines is 1. The average molecular weight is 466 g/mol. The van der Waals surface area contributed by atoms with Crippen LogP contribution in [0.2, 0.25) is 5.02 Å². The van der Waals surface area contributed by atoms with Crippen LogP contribution < -0.4 is 10.2 Å². The highest BCUT2D eigenvalue weighted by atomic mass is 35.5. The Morgan fingerprint density at radius 3 is 2.58 bits per heavy atom. The Kier molecular flexibility index (Phi) is 6.99. The molecule has 4 rings (SSSR count).